The van der Waals surface area contributed by atoms with Crippen molar-refractivity contribution >= 4 is 17.1 Å². The Morgan fingerprint density at radius 1 is 1.55 bits per heavy atom. The van der Waals surface area contributed by atoms with Crippen molar-refractivity contribution in [3.05, 3.63) is 17.7 Å². The molecule has 1 aromatic carbocycles. The normalized spacial score (nSPS) is 12.6. The number of aliphatic hydroxyl groups excluding tert-OH is 1. The zero-order valence-corrected chi connectivity index (χ0v) is 11.2. The zero-order chi connectivity index (χ0) is 14.7. The molecule has 3 N–H and O–H groups in total. The number of aryl methyl sites for hydroxylation is 1. The number of carbonyl (C=O) groups excluding carboxylic acids is 1. The van der Waals surface area contributed by atoms with Crippen molar-refractivity contribution in [2.24, 2.45) is 12.8 Å². The Kier molecular flexibility index (Phi) is 4.16. The first kappa shape index (κ1) is 14.2. The zero-order valence-electron chi connectivity index (χ0n) is 11.2. The molecule has 0 fully saturated rings. The summed E-state index contributed by atoms with van der Waals surface area (Å²) in [6, 6.07) is 3.44. The third-order valence-corrected chi connectivity index (χ3v) is 2.58. The van der Waals surface area contributed by atoms with Crippen LogP contribution in [-0.4, -0.2) is 38.9 Å². The minimum absolute atomic E-state index is 0.216. The third kappa shape index (κ3) is 3.22. The minimum Gasteiger partial charge on any atom is -0.408 e. The van der Waals surface area contributed by atoms with Crippen LogP contribution in [-0.2, 0) is 18.4 Å². The number of amides is 1. The van der Waals surface area contributed by atoms with Crippen LogP contribution in [0.1, 0.15) is 12.5 Å². The van der Waals surface area contributed by atoms with E-state index in [4.69, 9.17) is 20.3 Å². The van der Waals surface area contributed by atoms with Crippen molar-refractivity contribution in [1.82, 2.24) is 15.0 Å². The molecule has 20 heavy (non-hydrogen) atoms. The predicted octanol–water partition coefficient (Wildman–Crippen LogP) is 0.323. The van der Waals surface area contributed by atoms with Gasteiger partial charge in [0.15, 0.2) is 11.3 Å². The van der Waals surface area contributed by atoms with E-state index < -0.39 is 12.2 Å². The second-order valence-electron chi connectivity index (χ2n) is 4.46. The number of benzene rings is 1. The Balaban J connectivity index is 2.30. The second-order valence-corrected chi connectivity index (χ2v) is 4.46. The van der Waals surface area contributed by atoms with Gasteiger partial charge in [0.05, 0.1) is 24.8 Å². The highest BCUT2D eigenvalue weighted by Gasteiger charge is 2.13. The average Bonchev–Trinajstić information content (AvgIpc) is 2.70. The molecule has 8 heteroatoms. The maximum absolute atomic E-state index is 10.9. The van der Waals surface area contributed by atoms with Crippen LogP contribution in [0.5, 0.6) is 5.75 Å². The molecular weight excluding hydrogens is 264 g/mol. The lowest BCUT2D eigenvalue weighted by Gasteiger charge is -2.08. The summed E-state index contributed by atoms with van der Waals surface area (Å²) in [5, 5.41) is 16.9. The number of nitrogens with two attached hydrogens (primary N) is 1. The third-order valence-electron chi connectivity index (χ3n) is 2.58. The van der Waals surface area contributed by atoms with Gasteiger partial charge in [0, 0.05) is 7.05 Å². The molecule has 0 radical (unpaired) electrons. The number of ether oxygens (including phenoxy) is 2. The van der Waals surface area contributed by atoms with Crippen molar-refractivity contribution in [2.75, 3.05) is 6.61 Å². The first-order valence-electron chi connectivity index (χ1n) is 6.02. The minimum atomic E-state index is -0.918. The summed E-state index contributed by atoms with van der Waals surface area (Å²) in [6.45, 7) is 2.12. The fourth-order valence-corrected chi connectivity index (χ4v) is 1.77. The number of nitrogens with zero attached hydrogens (tertiary/aromatic N) is 3. The summed E-state index contributed by atoms with van der Waals surface area (Å²) in [6.07, 6.45) is -1.46. The number of aliphatic hydroxyl groups is 1. The lowest BCUT2D eigenvalue weighted by Crippen LogP contribution is -2.16. The van der Waals surface area contributed by atoms with E-state index in [9.17, 15) is 4.79 Å². The highest BCUT2D eigenvalue weighted by Crippen LogP contribution is 2.26. The van der Waals surface area contributed by atoms with Gasteiger partial charge in [0.2, 0.25) is 0 Å². The fourth-order valence-electron chi connectivity index (χ4n) is 1.77. The second kappa shape index (κ2) is 5.85. The Bertz CT molecular complexity index is 623. The number of fused-ring (bicyclic) bond motifs is 1. The van der Waals surface area contributed by atoms with E-state index in [0.29, 0.717) is 11.0 Å². The van der Waals surface area contributed by atoms with Crippen molar-refractivity contribution in [3.8, 4) is 5.75 Å². The topological polar surface area (TPSA) is 112 Å². The summed E-state index contributed by atoms with van der Waals surface area (Å²) in [7, 11) is 1.73. The molecule has 1 atom stereocenters. The molecule has 2 aromatic rings. The van der Waals surface area contributed by atoms with Gasteiger partial charge in [-0.1, -0.05) is 5.21 Å². The summed E-state index contributed by atoms with van der Waals surface area (Å²) in [5.74, 6) is 0.235. The molecule has 0 bridgehead atoms. The highest BCUT2D eigenvalue weighted by atomic mass is 16.5. The number of carbonyl (C=O) groups is 1. The van der Waals surface area contributed by atoms with Crippen molar-refractivity contribution < 1.29 is 19.4 Å². The van der Waals surface area contributed by atoms with E-state index in [-0.39, 0.29) is 19.0 Å². The molecule has 0 aliphatic heterocycles. The van der Waals surface area contributed by atoms with Gasteiger partial charge < -0.3 is 20.3 Å². The number of aromatic nitrogens is 3. The van der Waals surface area contributed by atoms with Crippen LogP contribution in [0.25, 0.3) is 11.0 Å². The largest absolute Gasteiger partial charge is 0.410 e. The molecule has 1 aromatic heterocycles. The Morgan fingerprint density at radius 3 is 2.95 bits per heavy atom. The molecule has 0 saturated heterocycles. The number of hydrogen-bond acceptors (Lipinski definition) is 6. The highest BCUT2D eigenvalue weighted by molar-refractivity contribution is 5.84. The van der Waals surface area contributed by atoms with E-state index in [0.717, 1.165) is 5.56 Å². The quantitative estimate of drug-likeness (QED) is 0.815. The Morgan fingerprint density at radius 2 is 2.30 bits per heavy atom. The van der Waals surface area contributed by atoms with E-state index in [1.54, 1.807) is 24.7 Å². The van der Waals surface area contributed by atoms with Crippen LogP contribution in [0.4, 0.5) is 4.79 Å². The molecule has 0 aliphatic carbocycles. The van der Waals surface area contributed by atoms with Crippen LogP contribution in [0.3, 0.4) is 0 Å². The maximum Gasteiger partial charge on any atom is 0.410 e. The number of rotatable bonds is 5. The van der Waals surface area contributed by atoms with Crippen LogP contribution in [0.15, 0.2) is 12.1 Å². The molecule has 0 spiro atoms. The number of primary amides is 1. The standard InChI is InChI=1S/C12H16N4O4/c1-7(17)5-19-6-8-3-9-11(14-15-16(9)2)10(4-8)20-12(13)18/h3-4,7,17H,5-6H2,1-2H3,(H2,13,18)/t7-/m1/s1. The molecule has 1 heterocycles. The first-order valence-corrected chi connectivity index (χ1v) is 6.02. The fraction of sp³-hybridized carbons (Fsp3) is 0.417. The van der Waals surface area contributed by atoms with Gasteiger partial charge in [-0.05, 0) is 24.6 Å². The van der Waals surface area contributed by atoms with Crippen molar-refractivity contribution in [1.29, 1.82) is 0 Å². The summed E-state index contributed by atoms with van der Waals surface area (Å²) >= 11 is 0. The van der Waals surface area contributed by atoms with Gasteiger partial charge in [-0.3, -0.25) is 0 Å². The SMILES string of the molecule is C[C@@H](O)COCc1cc(OC(N)=O)c2nnn(C)c2c1. The molecule has 0 unspecified atom stereocenters. The lowest BCUT2D eigenvalue weighted by atomic mass is 10.2. The van der Waals surface area contributed by atoms with Crippen molar-refractivity contribution in [2.45, 2.75) is 19.6 Å². The van der Waals surface area contributed by atoms with Crippen LogP contribution in [0.2, 0.25) is 0 Å². The monoisotopic (exact) mass is 280 g/mol. The van der Waals surface area contributed by atoms with E-state index in [1.165, 1.54) is 0 Å². The first-order chi connectivity index (χ1) is 9.47. The molecular formula is C12H16N4O4. The van der Waals surface area contributed by atoms with Gasteiger partial charge in [-0.2, -0.15) is 0 Å². The smallest absolute Gasteiger partial charge is 0.408 e. The summed E-state index contributed by atoms with van der Waals surface area (Å²) in [5.41, 5.74) is 6.94. The van der Waals surface area contributed by atoms with E-state index in [1.807, 2.05) is 6.07 Å². The molecule has 2 rings (SSSR count). The van der Waals surface area contributed by atoms with Crippen molar-refractivity contribution in [3.63, 3.8) is 0 Å². The van der Waals surface area contributed by atoms with Gasteiger partial charge in [-0.25, -0.2) is 9.48 Å². The molecule has 8 nitrogen and oxygen atoms in total. The molecule has 108 valence electrons. The van der Waals surface area contributed by atoms with Gasteiger partial charge in [0.25, 0.3) is 0 Å². The summed E-state index contributed by atoms with van der Waals surface area (Å²) in [4.78, 5) is 10.9. The van der Waals surface area contributed by atoms with Crippen LogP contribution >= 0.6 is 0 Å². The predicted molar refractivity (Wildman–Crippen MR) is 70.1 cm³/mol. The van der Waals surface area contributed by atoms with Crippen LogP contribution < -0.4 is 10.5 Å². The number of hydrogen-bond donors (Lipinski definition) is 2. The van der Waals surface area contributed by atoms with E-state index in [2.05, 4.69) is 10.3 Å². The summed E-state index contributed by atoms with van der Waals surface area (Å²) < 4.78 is 11.8. The Labute approximate surface area is 115 Å². The average molecular weight is 280 g/mol. The molecule has 0 saturated carbocycles. The molecule has 1 amide bonds. The maximum atomic E-state index is 10.9. The molecule has 0 aliphatic rings. The Hall–Kier alpha value is -2.19. The van der Waals surface area contributed by atoms with Gasteiger partial charge >= 0.3 is 6.09 Å². The lowest BCUT2D eigenvalue weighted by molar-refractivity contribution is 0.0376. The van der Waals surface area contributed by atoms with E-state index >= 15 is 0 Å². The van der Waals surface area contributed by atoms with Crippen LogP contribution in [0, 0.1) is 0 Å². The van der Waals surface area contributed by atoms with Gasteiger partial charge in [0.1, 0.15) is 0 Å². The van der Waals surface area contributed by atoms with Gasteiger partial charge in [-0.15, -0.1) is 5.10 Å².